The first-order valence-electron chi connectivity index (χ1n) is 5.75. The van der Waals surface area contributed by atoms with E-state index in [9.17, 15) is 4.79 Å². The van der Waals surface area contributed by atoms with E-state index in [1.165, 1.54) is 7.11 Å². The van der Waals surface area contributed by atoms with E-state index in [1.54, 1.807) is 12.3 Å². The molecule has 0 amide bonds. The maximum Gasteiger partial charge on any atom is 0.339 e. The number of carbonyl (C=O) groups excluding carboxylic acids is 1. The zero-order valence-electron chi connectivity index (χ0n) is 9.93. The Bertz CT molecular complexity index is 383. The Morgan fingerprint density at radius 1 is 1.47 bits per heavy atom. The van der Waals surface area contributed by atoms with E-state index >= 15 is 0 Å². The molecule has 0 unspecified atom stereocenters. The fourth-order valence-electron chi connectivity index (χ4n) is 1.94. The molecule has 0 spiro atoms. The normalized spacial score (nSPS) is 16.9. The second kappa shape index (κ2) is 5.14. The number of esters is 1. The van der Waals surface area contributed by atoms with Crippen molar-refractivity contribution in [2.24, 2.45) is 5.73 Å². The van der Waals surface area contributed by atoms with Gasteiger partial charge in [0.2, 0.25) is 0 Å². The second-order valence-corrected chi connectivity index (χ2v) is 4.22. The lowest BCUT2D eigenvalue weighted by Gasteiger charge is -2.31. The van der Waals surface area contributed by atoms with Gasteiger partial charge in [0.1, 0.15) is 5.82 Å². The highest BCUT2D eigenvalue weighted by atomic mass is 16.5. The molecular formula is C12H17N3O2. The minimum absolute atomic E-state index is 0.306. The van der Waals surface area contributed by atoms with Crippen LogP contribution in [0.1, 0.15) is 23.2 Å². The van der Waals surface area contributed by atoms with Crippen LogP contribution >= 0.6 is 0 Å². The number of pyridine rings is 1. The van der Waals surface area contributed by atoms with Gasteiger partial charge in [0, 0.05) is 25.3 Å². The number of hydrogen-bond donors (Lipinski definition) is 1. The largest absolute Gasteiger partial charge is 0.465 e. The number of anilines is 1. The smallest absolute Gasteiger partial charge is 0.339 e. The van der Waals surface area contributed by atoms with E-state index in [4.69, 9.17) is 5.73 Å². The average Bonchev–Trinajstić information content (AvgIpc) is 2.39. The van der Waals surface area contributed by atoms with Gasteiger partial charge in [0.25, 0.3) is 0 Å². The summed E-state index contributed by atoms with van der Waals surface area (Å²) in [5.41, 5.74) is 6.33. The van der Waals surface area contributed by atoms with Crippen LogP contribution in [-0.4, -0.2) is 37.2 Å². The number of nitrogens with zero attached hydrogens (tertiary/aromatic N) is 2. The van der Waals surface area contributed by atoms with Gasteiger partial charge in [-0.3, -0.25) is 0 Å². The number of rotatable bonds is 2. The van der Waals surface area contributed by atoms with Crippen molar-refractivity contribution in [1.29, 1.82) is 0 Å². The lowest BCUT2D eigenvalue weighted by Crippen LogP contribution is -2.40. The van der Waals surface area contributed by atoms with E-state index in [1.807, 2.05) is 6.07 Å². The molecule has 5 nitrogen and oxygen atoms in total. The molecule has 1 saturated heterocycles. The van der Waals surface area contributed by atoms with Crippen LogP contribution < -0.4 is 10.6 Å². The highest BCUT2D eigenvalue weighted by Crippen LogP contribution is 2.17. The maximum atomic E-state index is 11.3. The van der Waals surface area contributed by atoms with Crippen molar-refractivity contribution in [2.75, 3.05) is 25.1 Å². The average molecular weight is 235 g/mol. The summed E-state index contributed by atoms with van der Waals surface area (Å²) < 4.78 is 4.63. The summed E-state index contributed by atoms with van der Waals surface area (Å²) in [5, 5.41) is 0. The van der Waals surface area contributed by atoms with Crippen molar-refractivity contribution >= 4 is 11.8 Å². The summed E-state index contributed by atoms with van der Waals surface area (Å²) >= 11 is 0. The summed E-state index contributed by atoms with van der Waals surface area (Å²) in [6.07, 6.45) is 3.52. The minimum atomic E-state index is -0.357. The van der Waals surface area contributed by atoms with Gasteiger partial charge in [-0.25, -0.2) is 9.78 Å². The molecule has 0 bridgehead atoms. The molecule has 2 N–H and O–H groups in total. The molecule has 92 valence electrons. The molecule has 0 aromatic carbocycles. The SMILES string of the molecule is COC(=O)c1ccc(N2CCC(N)CC2)nc1. The Morgan fingerprint density at radius 3 is 2.71 bits per heavy atom. The lowest BCUT2D eigenvalue weighted by molar-refractivity contribution is 0.0600. The third-order valence-electron chi connectivity index (χ3n) is 3.03. The third-order valence-corrected chi connectivity index (χ3v) is 3.03. The quantitative estimate of drug-likeness (QED) is 0.768. The molecule has 1 aromatic rings. The molecular weight excluding hydrogens is 218 g/mol. The number of methoxy groups -OCH3 is 1. The molecule has 1 aliphatic heterocycles. The van der Waals surface area contributed by atoms with E-state index in [0.29, 0.717) is 11.6 Å². The second-order valence-electron chi connectivity index (χ2n) is 4.22. The molecule has 2 heterocycles. The number of ether oxygens (including phenoxy) is 1. The molecule has 2 rings (SSSR count). The van der Waals surface area contributed by atoms with E-state index in [0.717, 1.165) is 31.7 Å². The number of aromatic nitrogens is 1. The van der Waals surface area contributed by atoms with Crippen LogP contribution in [0.2, 0.25) is 0 Å². The predicted octanol–water partition coefficient (Wildman–Crippen LogP) is 0.796. The number of nitrogens with two attached hydrogens (primary N) is 1. The molecule has 0 saturated carbocycles. The van der Waals surface area contributed by atoms with Crippen LogP contribution in [0, 0.1) is 0 Å². The van der Waals surface area contributed by atoms with Gasteiger partial charge < -0.3 is 15.4 Å². The van der Waals surface area contributed by atoms with Gasteiger partial charge in [-0.05, 0) is 25.0 Å². The Labute approximate surface area is 101 Å². The van der Waals surface area contributed by atoms with Gasteiger partial charge in [0.05, 0.1) is 12.7 Å². The molecule has 0 aliphatic carbocycles. The molecule has 17 heavy (non-hydrogen) atoms. The van der Waals surface area contributed by atoms with Crippen LogP contribution in [0.15, 0.2) is 18.3 Å². The van der Waals surface area contributed by atoms with E-state index < -0.39 is 0 Å². The standard InChI is InChI=1S/C12H17N3O2/c1-17-12(16)9-2-3-11(14-8-9)15-6-4-10(13)5-7-15/h2-3,8,10H,4-7,13H2,1H3. The molecule has 0 atom stereocenters. The van der Waals surface area contributed by atoms with Gasteiger partial charge in [-0.2, -0.15) is 0 Å². The number of carbonyl (C=O) groups is 1. The van der Waals surface area contributed by atoms with Gasteiger partial charge >= 0.3 is 5.97 Å². The lowest BCUT2D eigenvalue weighted by atomic mass is 10.1. The first-order chi connectivity index (χ1) is 8.20. The number of piperidine rings is 1. The summed E-state index contributed by atoms with van der Waals surface area (Å²) in [6, 6.07) is 3.90. The molecule has 1 aliphatic rings. The van der Waals surface area contributed by atoms with Crippen LogP contribution in [0.3, 0.4) is 0 Å². The maximum absolute atomic E-state index is 11.3. The molecule has 5 heteroatoms. The predicted molar refractivity (Wildman–Crippen MR) is 65.0 cm³/mol. The number of hydrogen-bond acceptors (Lipinski definition) is 5. The van der Waals surface area contributed by atoms with Gasteiger partial charge in [-0.1, -0.05) is 0 Å². The fourth-order valence-corrected chi connectivity index (χ4v) is 1.94. The highest BCUT2D eigenvalue weighted by Gasteiger charge is 2.17. The minimum Gasteiger partial charge on any atom is -0.465 e. The first kappa shape index (κ1) is 11.9. The summed E-state index contributed by atoms with van der Waals surface area (Å²) in [5.74, 6) is 0.536. The van der Waals surface area contributed by atoms with Crippen LogP contribution in [0.4, 0.5) is 5.82 Å². The Kier molecular flexibility index (Phi) is 3.58. The monoisotopic (exact) mass is 235 g/mol. The van der Waals surface area contributed by atoms with E-state index in [2.05, 4.69) is 14.6 Å². The van der Waals surface area contributed by atoms with Crippen molar-refractivity contribution in [3.05, 3.63) is 23.9 Å². The molecule has 1 aromatic heterocycles. The fraction of sp³-hybridized carbons (Fsp3) is 0.500. The van der Waals surface area contributed by atoms with Crippen LogP contribution in [-0.2, 0) is 4.74 Å². The molecule has 0 radical (unpaired) electrons. The van der Waals surface area contributed by atoms with Crippen molar-refractivity contribution in [3.8, 4) is 0 Å². The summed E-state index contributed by atoms with van der Waals surface area (Å²) in [7, 11) is 1.36. The molecule has 1 fully saturated rings. The van der Waals surface area contributed by atoms with Crippen molar-refractivity contribution in [3.63, 3.8) is 0 Å². The zero-order valence-corrected chi connectivity index (χ0v) is 9.93. The Balaban J connectivity index is 2.05. The summed E-state index contributed by atoms with van der Waals surface area (Å²) in [6.45, 7) is 1.84. The first-order valence-corrected chi connectivity index (χ1v) is 5.75. The topological polar surface area (TPSA) is 68.5 Å². The Morgan fingerprint density at radius 2 is 2.18 bits per heavy atom. The van der Waals surface area contributed by atoms with Crippen molar-refractivity contribution in [2.45, 2.75) is 18.9 Å². The van der Waals surface area contributed by atoms with Crippen LogP contribution in [0.25, 0.3) is 0 Å². The van der Waals surface area contributed by atoms with Crippen molar-refractivity contribution in [1.82, 2.24) is 4.98 Å². The van der Waals surface area contributed by atoms with E-state index in [-0.39, 0.29) is 5.97 Å². The Hall–Kier alpha value is -1.62. The third kappa shape index (κ3) is 2.74. The highest BCUT2D eigenvalue weighted by molar-refractivity contribution is 5.89. The zero-order chi connectivity index (χ0) is 12.3. The van der Waals surface area contributed by atoms with Gasteiger partial charge in [-0.15, -0.1) is 0 Å². The van der Waals surface area contributed by atoms with Crippen LogP contribution in [0.5, 0.6) is 0 Å². The van der Waals surface area contributed by atoms with Gasteiger partial charge in [0.15, 0.2) is 0 Å². The van der Waals surface area contributed by atoms with Crippen molar-refractivity contribution < 1.29 is 9.53 Å². The summed E-state index contributed by atoms with van der Waals surface area (Å²) in [4.78, 5) is 17.7.